The van der Waals surface area contributed by atoms with Crippen molar-refractivity contribution in [3.8, 4) is 5.88 Å². The van der Waals surface area contributed by atoms with Gasteiger partial charge in [-0.2, -0.15) is 0 Å². The highest BCUT2D eigenvalue weighted by molar-refractivity contribution is 6.70. The van der Waals surface area contributed by atoms with E-state index >= 15 is 0 Å². The number of fused-ring (bicyclic) bond motifs is 1. The van der Waals surface area contributed by atoms with Crippen molar-refractivity contribution >= 4 is 25.1 Å². The average molecular weight is 360 g/mol. The maximum absolute atomic E-state index is 12.7. The van der Waals surface area contributed by atoms with Crippen LogP contribution in [0.15, 0.2) is 30.3 Å². The molecule has 0 saturated heterocycles. The van der Waals surface area contributed by atoms with Gasteiger partial charge in [-0.05, 0) is 38.8 Å². The lowest BCUT2D eigenvalue weighted by atomic mass is 10.1. The van der Waals surface area contributed by atoms with Crippen LogP contribution in [0, 0.1) is 0 Å². The molecule has 0 aliphatic heterocycles. The molecule has 1 amide bonds. The third-order valence-corrected chi connectivity index (χ3v) is 4.78. The SMILES string of the molecule is CCN(CC)CCNC(=O)c1cc(O[Si](C)(C)C)nc2ccccc12. The van der Waals surface area contributed by atoms with E-state index in [9.17, 15) is 4.79 Å². The number of amides is 1. The molecular weight excluding hydrogens is 330 g/mol. The first-order chi connectivity index (χ1) is 11.8. The van der Waals surface area contributed by atoms with Gasteiger partial charge in [-0.25, -0.2) is 4.98 Å². The number of hydrogen-bond acceptors (Lipinski definition) is 4. The summed E-state index contributed by atoms with van der Waals surface area (Å²) < 4.78 is 6.02. The molecule has 0 bridgehead atoms. The molecule has 1 aromatic heterocycles. The summed E-state index contributed by atoms with van der Waals surface area (Å²) in [5.41, 5.74) is 1.41. The Morgan fingerprint density at radius 2 is 1.88 bits per heavy atom. The van der Waals surface area contributed by atoms with Crippen LogP contribution in [0.5, 0.6) is 5.88 Å². The number of carbonyl (C=O) groups excluding carboxylic acids is 1. The molecule has 0 atom stereocenters. The van der Waals surface area contributed by atoms with E-state index in [-0.39, 0.29) is 5.91 Å². The minimum Gasteiger partial charge on any atom is -0.531 e. The van der Waals surface area contributed by atoms with Gasteiger partial charge in [0.25, 0.3) is 5.91 Å². The Labute approximate surface area is 151 Å². The van der Waals surface area contributed by atoms with Crippen molar-refractivity contribution in [2.24, 2.45) is 0 Å². The van der Waals surface area contributed by atoms with Crippen molar-refractivity contribution in [2.45, 2.75) is 33.5 Å². The van der Waals surface area contributed by atoms with E-state index in [2.05, 4.69) is 48.7 Å². The van der Waals surface area contributed by atoms with Crippen LogP contribution in [-0.4, -0.2) is 50.3 Å². The number of nitrogens with one attached hydrogen (secondary N) is 1. The molecule has 1 N–H and O–H groups in total. The Hall–Kier alpha value is -1.92. The van der Waals surface area contributed by atoms with Crippen molar-refractivity contribution in [3.63, 3.8) is 0 Å². The van der Waals surface area contributed by atoms with Gasteiger partial charge in [0.15, 0.2) is 0 Å². The molecular formula is C19H29N3O2Si. The van der Waals surface area contributed by atoms with Crippen LogP contribution in [-0.2, 0) is 0 Å². The van der Waals surface area contributed by atoms with Crippen LogP contribution in [0.3, 0.4) is 0 Å². The Balaban J connectivity index is 2.24. The normalized spacial score (nSPS) is 11.8. The number of rotatable bonds is 8. The summed E-state index contributed by atoms with van der Waals surface area (Å²) in [6.45, 7) is 14.0. The highest BCUT2D eigenvalue weighted by Gasteiger charge is 2.20. The van der Waals surface area contributed by atoms with Crippen LogP contribution < -0.4 is 9.74 Å². The van der Waals surface area contributed by atoms with E-state index in [0.717, 1.165) is 30.5 Å². The van der Waals surface area contributed by atoms with E-state index in [4.69, 9.17) is 4.43 Å². The van der Waals surface area contributed by atoms with E-state index in [0.29, 0.717) is 18.0 Å². The zero-order chi connectivity index (χ0) is 18.4. The molecule has 0 unspecified atom stereocenters. The number of para-hydroxylation sites is 1. The fraction of sp³-hybridized carbons (Fsp3) is 0.474. The first-order valence-electron chi connectivity index (χ1n) is 8.93. The maximum Gasteiger partial charge on any atom is 0.252 e. The number of hydrogen-bond donors (Lipinski definition) is 1. The number of aromatic nitrogens is 1. The van der Waals surface area contributed by atoms with Gasteiger partial charge in [-0.1, -0.05) is 32.0 Å². The smallest absolute Gasteiger partial charge is 0.252 e. The lowest BCUT2D eigenvalue weighted by Crippen LogP contribution is -2.35. The van der Waals surface area contributed by atoms with Gasteiger partial charge in [0.05, 0.1) is 11.1 Å². The zero-order valence-electron chi connectivity index (χ0n) is 15.9. The highest BCUT2D eigenvalue weighted by Crippen LogP contribution is 2.23. The summed E-state index contributed by atoms with van der Waals surface area (Å²) in [5.74, 6) is 0.456. The van der Waals surface area contributed by atoms with Gasteiger partial charge in [0, 0.05) is 24.5 Å². The van der Waals surface area contributed by atoms with Crippen molar-refractivity contribution in [1.29, 1.82) is 0 Å². The van der Waals surface area contributed by atoms with Crippen molar-refractivity contribution in [1.82, 2.24) is 15.2 Å². The maximum atomic E-state index is 12.7. The van der Waals surface area contributed by atoms with Gasteiger partial charge in [-0.3, -0.25) is 4.79 Å². The predicted octanol–water partition coefficient (Wildman–Crippen LogP) is 3.52. The molecule has 25 heavy (non-hydrogen) atoms. The lowest BCUT2D eigenvalue weighted by molar-refractivity contribution is 0.0950. The Kier molecular flexibility index (Phi) is 6.55. The van der Waals surface area contributed by atoms with Gasteiger partial charge < -0.3 is 14.6 Å². The second-order valence-corrected chi connectivity index (χ2v) is 11.5. The second kappa shape index (κ2) is 8.45. The largest absolute Gasteiger partial charge is 0.531 e. The van der Waals surface area contributed by atoms with Gasteiger partial charge >= 0.3 is 0 Å². The summed E-state index contributed by atoms with van der Waals surface area (Å²) in [6.07, 6.45) is 0. The molecule has 5 nitrogen and oxygen atoms in total. The van der Waals surface area contributed by atoms with Gasteiger partial charge in [0.1, 0.15) is 0 Å². The average Bonchev–Trinajstić information content (AvgIpc) is 2.56. The molecule has 6 heteroatoms. The topological polar surface area (TPSA) is 54.5 Å². The molecule has 2 aromatic rings. The molecule has 0 aliphatic rings. The molecule has 0 radical (unpaired) electrons. The van der Waals surface area contributed by atoms with Crippen LogP contribution in [0.2, 0.25) is 19.6 Å². The van der Waals surface area contributed by atoms with Crippen molar-refractivity contribution in [3.05, 3.63) is 35.9 Å². The first kappa shape index (κ1) is 19.4. The summed E-state index contributed by atoms with van der Waals surface area (Å²) in [4.78, 5) is 19.6. The number of pyridine rings is 1. The molecule has 1 heterocycles. The molecule has 0 saturated carbocycles. The number of likely N-dealkylation sites (N-methyl/N-ethyl adjacent to an activating group) is 1. The first-order valence-corrected chi connectivity index (χ1v) is 12.3. The number of nitrogens with zero attached hydrogens (tertiary/aromatic N) is 2. The fourth-order valence-corrected chi connectivity index (χ4v) is 3.40. The van der Waals surface area contributed by atoms with Crippen LogP contribution in [0.1, 0.15) is 24.2 Å². The lowest BCUT2D eigenvalue weighted by Gasteiger charge is -2.20. The quantitative estimate of drug-likeness (QED) is 0.733. The summed E-state index contributed by atoms with van der Waals surface area (Å²) >= 11 is 0. The summed E-state index contributed by atoms with van der Waals surface area (Å²) in [7, 11) is -1.79. The Morgan fingerprint density at radius 3 is 2.52 bits per heavy atom. The third-order valence-electron chi connectivity index (χ3n) is 3.96. The molecule has 136 valence electrons. The van der Waals surface area contributed by atoms with Gasteiger partial charge in [-0.15, -0.1) is 0 Å². The van der Waals surface area contributed by atoms with E-state index in [1.54, 1.807) is 6.07 Å². The predicted molar refractivity (Wildman–Crippen MR) is 106 cm³/mol. The van der Waals surface area contributed by atoms with E-state index < -0.39 is 8.32 Å². The van der Waals surface area contributed by atoms with Crippen molar-refractivity contribution in [2.75, 3.05) is 26.2 Å². The fourth-order valence-electron chi connectivity index (χ4n) is 2.67. The monoisotopic (exact) mass is 359 g/mol. The van der Waals surface area contributed by atoms with E-state index in [1.807, 2.05) is 24.3 Å². The van der Waals surface area contributed by atoms with Crippen LogP contribution in [0.4, 0.5) is 0 Å². The van der Waals surface area contributed by atoms with Gasteiger partial charge in [0.2, 0.25) is 14.2 Å². The molecule has 0 spiro atoms. The minimum atomic E-state index is -1.79. The second-order valence-electron chi connectivity index (χ2n) is 7.02. The molecule has 0 aliphatic carbocycles. The van der Waals surface area contributed by atoms with Crippen LogP contribution in [0.25, 0.3) is 10.9 Å². The zero-order valence-corrected chi connectivity index (χ0v) is 16.9. The van der Waals surface area contributed by atoms with E-state index in [1.165, 1.54) is 0 Å². The van der Waals surface area contributed by atoms with Crippen molar-refractivity contribution < 1.29 is 9.22 Å². The minimum absolute atomic E-state index is 0.0776. The third kappa shape index (κ3) is 5.54. The molecule has 2 rings (SSSR count). The summed E-state index contributed by atoms with van der Waals surface area (Å²) in [6, 6.07) is 9.47. The summed E-state index contributed by atoms with van der Waals surface area (Å²) in [5, 5.41) is 3.88. The Bertz CT molecular complexity index is 724. The number of benzene rings is 1. The molecule has 0 fully saturated rings. The number of carbonyl (C=O) groups is 1. The molecule has 1 aromatic carbocycles. The van der Waals surface area contributed by atoms with Crippen LogP contribution >= 0.6 is 0 Å². The highest BCUT2D eigenvalue weighted by atomic mass is 28.4. The standard InChI is InChI=1S/C19H29N3O2Si/c1-6-22(7-2)13-12-20-19(23)16-14-18(24-25(3,4)5)21-17-11-9-8-10-15(16)17/h8-11,14H,6-7,12-13H2,1-5H3,(H,20,23). The Morgan fingerprint density at radius 1 is 1.20 bits per heavy atom.